The van der Waals surface area contributed by atoms with Crippen LogP contribution in [0, 0.1) is 11.3 Å². The van der Waals surface area contributed by atoms with Crippen molar-refractivity contribution in [2.45, 2.75) is 6.10 Å². The first-order valence-corrected chi connectivity index (χ1v) is 5.57. The van der Waals surface area contributed by atoms with Crippen LogP contribution in [0.1, 0.15) is 10.4 Å². The van der Waals surface area contributed by atoms with Crippen LogP contribution in [0.2, 0.25) is 0 Å². The summed E-state index contributed by atoms with van der Waals surface area (Å²) < 4.78 is 5.26. The molecule has 1 unspecified atom stereocenters. The smallest absolute Gasteiger partial charge is 0.250 e. The standard InChI is InChI=1S/C12H14N4O2/c13-6-9-7-16(3-4-18-9)11-2-1-8(14)5-10(11)12(15)17/h1-2,5,9H,3-4,7,14H2,(H2,15,17). The zero-order chi connectivity index (χ0) is 13.1. The van der Waals surface area contributed by atoms with E-state index in [1.165, 1.54) is 0 Å². The molecule has 1 aromatic rings. The molecule has 0 saturated carbocycles. The molecule has 6 nitrogen and oxygen atoms in total. The maximum absolute atomic E-state index is 11.4. The fourth-order valence-electron chi connectivity index (χ4n) is 1.97. The number of carbonyl (C=O) groups is 1. The third-order valence-corrected chi connectivity index (χ3v) is 2.84. The zero-order valence-corrected chi connectivity index (χ0v) is 9.80. The number of amides is 1. The summed E-state index contributed by atoms with van der Waals surface area (Å²) in [5.41, 5.74) is 12.5. The molecule has 4 N–H and O–H groups in total. The second-order valence-electron chi connectivity index (χ2n) is 4.08. The normalized spacial score (nSPS) is 19.3. The van der Waals surface area contributed by atoms with Crippen LogP contribution in [0.3, 0.4) is 0 Å². The van der Waals surface area contributed by atoms with E-state index in [4.69, 9.17) is 21.5 Å². The highest BCUT2D eigenvalue weighted by atomic mass is 16.5. The predicted molar refractivity (Wildman–Crippen MR) is 66.9 cm³/mol. The van der Waals surface area contributed by atoms with Gasteiger partial charge in [0, 0.05) is 17.9 Å². The van der Waals surface area contributed by atoms with Crippen molar-refractivity contribution >= 4 is 17.3 Å². The Labute approximate surface area is 105 Å². The van der Waals surface area contributed by atoms with E-state index in [2.05, 4.69) is 6.07 Å². The van der Waals surface area contributed by atoms with E-state index in [0.717, 1.165) is 0 Å². The molecule has 1 aliphatic rings. The lowest BCUT2D eigenvalue weighted by Crippen LogP contribution is -2.42. The summed E-state index contributed by atoms with van der Waals surface area (Å²) in [7, 11) is 0. The van der Waals surface area contributed by atoms with Gasteiger partial charge in [-0.25, -0.2) is 0 Å². The minimum absolute atomic E-state index is 0.369. The maximum Gasteiger partial charge on any atom is 0.250 e. The van der Waals surface area contributed by atoms with Gasteiger partial charge >= 0.3 is 0 Å². The molecule has 0 radical (unpaired) electrons. The zero-order valence-electron chi connectivity index (χ0n) is 9.80. The van der Waals surface area contributed by atoms with Crippen molar-refractivity contribution in [3.8, 4) is 6.07 Å². The van der Waals surface area contributed by atoms with Gasteiger partial charge in [-0.15, -0.1) is 0 Å². The van der Waals surface area contributed by atoms with Crippen molar-refractivity contribution in [3.05, 3.63) is 23.8 Å². The van der Waals surface area contributed by atoms with Crippen LogP contribution in [-0.4, -0.2) is 31.7 Å². The van der Waals surface area contributed by atoms with Crippen LogP contribution >= 0.6 is 0 Å². The molecule has 1 amide bonds. The number of morpholine rings is 1. The van der Waals surface area contributed by atoms with E-state index in [-0.39, 0.29) is 0 Å². The molecule has 18 heavy (non-hydrogen) atoms. The lowest BCUT2D eigenvalue weighted by atomic mass is 10.1. The second-order valence-corrected chi connectivity index (χ2v) is 4.08. The van der Waals surface area contributed by atoms with Gasteiger partial charge < -0.3 is 21.1 Å². The van der Waals surface area contributed by atoms with Gasteiger partial charge in [0.25, 0.3) is 5.91 Å². The number of nitriles is 1. The van der Waals surface area contributed by atoms with Gasteiger partial charge in [-0.2, -0.15) is 5.26 Å². The number of hydrogen-bond acceptors (Lipinski definition) is 5. The van der Waals surface area contributed by atoms with Crippen molar-refractivity contribution in [1.82, 2.24) is 0 Å². The maximum atomic E-state index is 11.4. The number of benzene rings is 1. The lowest BCUT2D eigenvalue weighted by molar-refractivity contribution is 0.0762. The Balaban J connectivity index is 2.33. The second kappa shape index (κ2) is 4.94. The average molecular weight is 246 g/mol. The number of carbonyl (C=O) groups excluding carboxylic acids is 1. The third kappa shape index (κ3) is 2.36. The van der Waals surface area contributed by atoms with E-state index in [9.17, 15) is 4.79 Å². The number of ether oxygens (including phenoxy) is 1. The third-order valence-electron chi connectivity index (χ3n) is 2.84. The summed E-state index contributed by atoms with van der Waals surface area (Å²) in [4.78, 5) is 13.3. The number of nitrogens with two attached hydrogens (primary N) is 2. The topological polar surface area (TPSA) is 105 Å². The van der Waals surface area contributed by atoms with E-state index >= 15 is 0 Å². The van der Waals surface area contributed by atoms with Crippen LogP contribution in [-0.2, 0) is 4.74 Å². The molecule has 1 atom stereocenters. The van der Waals surface area contributed by atoms with Crippen molar-refractivity contribution in [2.75, 3.05) is 30.3 Å². The van der Waals surface area contributed by atoms with E-state index in [1.54, 1.807) is 18.2 Å². The molecule has 6 heteroatoms. The van der Waals surface area contributed by atoms with Gasteiger partial charge in [0.05, 0.1) is 24.8 Å². The Hall–Kier alpha value is -2.26. The summed E-state index contributed by atoms with van der Waals surface area (Å²) in [6.45, 7) is 1.48. The van der Waals surface area contributed by atoms with E-state index in [1.807, 2.05) is 4.90 Å². The number of anilines is 2. The van der Waals surface area contributed by atoms with Crippen LogP contribution in [0.5, 0.6) is 0 Å². The minimum atomic E-state index is -0.530. The molecule has 1 aromatic carbocycles. The molecule has 94 valence electrons. The molecule has 1 aliphatic heterocycles. The van der Waals surface area contributed by atoms with Crippen molar-refractivity contribution in [3.63, 3.8) is 0 Å². The number of hydrogen-bond donors (Lipinski definition) is 2. The number of nitrogen functional groups attached to an aromatic ring is 1. The largest absolute Gasteiger partial charge is 0.399 e. The van der Waals surface area contributed by atoms with Crippen LogP contribution < -0.4 is 16.4 Å². The van der Waals surface area contributed by atoms with Crippen molar-refractivity contribution in [2.24, 2.45) is 5.73 Å². The first-order chi connectivity index (χ1) is 8.61. The molecule has 0 spiro atoms. The van der Waals surface area contributed by atoms with Crippen molar-refractivity contribution in [1.29, 1.82) is 5.26 Å². The fourth-order valence-corrected chi connectivity index (χ4v) is 1.97. The average Bonchev–Trinajstić information content (AvgIpc) is 2.38. The monoisotopic (exact) mass is 246 g/mol. The van der Waals surface area contributed by atoms with Crippen molar-refractivity contribution < 1.29 is 9.53 Å². The molecule has 0 bridgehead atoms. The van der Waals surface area contributed by atoms with Gasteiger partial charge in [0.1, 0.15) is 0 Å². The van der Waals surface area contributed by atoms with Gasteiger partial charge in [-0.05, 0) is 18.2 Å². The Bertz CT molecular complexity index is 509. The molecule has 1 fully saturated rings. The van der Waals surface area contributed by atoms with Gasteiger partial charge in [-0.3, -0.25) is 4.79 Å². The molecule has 0 aliphatic carbocycles. The molecular formula is C12H14N4O2. The van der Waals surface area contributed by atoms with Crippen LogP contribution in [0.15, 0.2) is 18.2 Å². The summed E-state index contributed by atoms with van der Waals surface area (Å²) in [5.74, 6) is -0.530. The van der Waals surface area contributed by atoms with Gasteiger partial charge in [-0.1, -0.05) is 0 Å². The summed E-state index contributed by atoms with van der Waals surface area (Å²) in [5, 5.41) is 8.87. The summed E-state index contributed by atoms with van der Waals surface area (Å²) >= 11 is 0. The summed E-state index contributed by atoms with van der Waals surface area (Å²) in [6, 6.07) is 7.06. The Kier molecular flexibility index (Phi) is 3.35. The van der Waals surface area contributed by atoms with Gasteiger partial charge in [0.15, 0.2) is 6.10 Å². The highest BCUT2D eigenvalue weighted by Crippen LogP contribution is 2.24. The number of primary amides is 1. The molecule has 1 heterocycles. The molecule has 0 aromatic heterocycles. The number of nitrogens with zero attached hydrogens (tertiary/aromatic N) is 2. The van der Waals surface area contributed by atoms with E-state index < -0.39 is 12.0 Å². The summed E-state index contributed by atoms with van der Waals surface area (Å²) in [6.07, 6.45) is -0.489. The first kappa shape index (κ1) is 12.2. The minimum Gasteiger partial charge on any atom is -0.399 e. The predicted octanol–water partition coefficient (Wildman–Crippen LogP) is 0.0965. The highest BCUT2D eigenvalue weighted by molar-refractivity contribution is 5.99. The van der Waals surface area contributed by atoms with E-state index in [0.29, 0.717) is 36.6 Å². The SMILES string of the molecule is N#CC1CN(c2ccc(N)cc2C(N)=O)CCO1. The lowest BCUT2D eigenvalue weighted by Gasteiger charge is -2.32. The highest BCUT2D eigenvalue weighted by Gasteiger charge is 2.23. The molecule has 1 saturated heterocycles. The molecular weight excluding hydrogens is 232 g/mol. The van der Waals surface area contributed by atoms with Gasteiger partial charge in [0.2, 0.25) is 0 Å². The van der Waals surface area contributed by atoms with Crippen LogP contribution in [0.4, 0.5) is 11.4 Å². The fraction of sp³-hybridized carbons (Fsp3) is 0.333. The van der Waals surface area contributed by atoms with Crippen LogP contribution in [0.25, 0.3) is 0 Å². The Morgan fingerprint density at radius 1 is 1.56 bits per heavy atom. The Morgan fingerprint density at radius 3 is 3.00 bits per heavy atom. The Morgan fingerprint density at radius 2 is 2.33 bits per heavy atom. The number of rotatable bonds is 2. The quantitative estimate of drug-likeness (QED) is 0.720. The molecule has 2 rings (SSSR count). The first-order valence-electron chi connectivity index (χ1n) is 5.57.